The highest BCUT2D eigenvalue weighted by atomic mass is 16.5. The summed E-state index contributed by atoms with van der Waals surface area (Å²) in [6.07, 6.45) is 2.44. The Bertz CT molecular complexity index is 639. The molecule has 6 heteroatoms. The van der Waals surface area contributed by atoms with Crippen LogP contribution < -0.4 is 15.6 Å². The van der Waals surface area contributed by atoms with Crippen LogP contribution in [-0.4, -0.2) is 24.5 Å². The molecule has 112 valence electrons. The van der Waals surface area contributed by atoms with Gasteiger partial charge in [0.2, 0.25) is 5.69 Å². The molecular weight excluding hydrogens is 270 g/mol. The van der Waals surface area contributed by atoms with E-state index in [0.29, 0.717) is 12.2 Å². The number of nitrogens with zero attached hydrogens (tertiary/aromatic N) is 1. The van der Waals surface area contributed by atoms with E-state index >= 15 is 0 Å². The zero-order valence-electron chi connectivity index (χ0n) is 12.1. The van der Waals surface area contributed by atoms with Crippen molar-refractivity contribution in [2.45, 2.75) is 32.4 Å². The third-order valence-electron chi connectivity index (χ3n) is 3.72. The Balaban J connectivity index is 1.71. The van der Waals surface area contributed by atoms with Gasteiger partial charge in [-0.25, -0.2) is 4.79 Å². The predicted molar refractivity (Wildman–Crippen MR) is 76.3 cm³/mol. The minimum absolute atomic E-state index is 0.254. The fourth-order valence-corrected chi connectivity index (χ4v) is 2.50. The molecule has 1 aromatic heterocycles. The molecule has 1 aromatic carbocycles. The second-order valence-electron chi connectivity index (χ2n) is 5.36. The molecule has 2 heterocycles. The molecule has 1 unspecified atom stereocenters. The summed E-state index contributed by atoms with van der Waals surface area (Å²) in [5.41, 5.74) is 2.25. The summed E-state index contributed by atoms with van der Waals surface area (Å²) in [6.45, 7) is 4.05. The molecular formula is C15H20N3O3+. The van der Waals surface area contributed by atoms with E-state index in [-0.39, 0.29) is 11.7 Å². The van der Waals surface area contributed by atoms with Crippen molar-refractivity contribution < 1.29 is 13.9 Å². The van der Waals surface area contributed by atoms with Crippen LogP contribution in [-0.2, 0) is 11.3 Å². The molecule has 0 amide bonds. The van der Waals surface area contributed by atoms with E-state index in [4.69, 9.17) is 9.26 Å². The van der Waals surface area contributed by atoms with Crippen LogP contribution in [0.1, 0.15) is 24.1 Å². The van der Waals surface area contributed by atoms with Crippen LogP contribution in [0.4, 0.5) is 0 Å². The lowest BCUT2D eigenvalue weighted by molar-refractivity contribution is -0.677. The molecule has 2 aromatic rings. The number of aromatic amines is 1. The smallest absolute Gasteiger partial charge is 0.377 e. The van der Waals surface area contributed by atoms with Crippen molar-refractivity contribution in [2.24, 2.45) is 0 Å². The van der Waals surface area contributed by atoms with Crippen molar-refractivity contribution in [2.75, 3.05) is 13.2 Å². The molecule has 3 rings (SSSR count). The Hall–Kier alpha value is -1.92. The topological polar surface area (TPSA) is 71.1 Å². The summed E-state index contributed by atoms with van der Waals surface area (Å²) in [7, 11) is 0. The van der Waals surface area contributed by atoms with Crippen molar-refractivity contribution >= 4 is 0 Å². The maximum Gasteiger partial charge on any atom is 0.431 e. The van der Waals surface area contributed by atoms with Crippen molar-refractivity contribution in [1.29, 1.82) is 0 Å². The molecule has 0 aliphatic carbocycles. The summed E-state index contributed by atoms with van der Waals surface area (Å²) in [6, 6.07) is 7.89. The lowest BCUT2D eigenvalue weighted by atomic mass is 10.2. The monoisotopic (exact) mass is 290 g/mol. The minimum Gasteiger partial charge on any atom is -0.377 e. The molecule has 0 radical (unpaired) electrons. The summed E-state index contributed by atoms with van der Waals surface area (Å²) in [4.78, 5) is 11.8. The molecule has 1 fully saturated rings. The maximum atomic E-state index is 11.8. The van der Waals surface area contributed by atoms with E-state index in [1.54, 1.807) is 4.68 Å². The lowest BCUT2D eigenvalue weighted by Gasteiger charge is -2.08. The largest absolute Gasteiger partial charge is 0.431 e. The van der Waals surface area contributed by atoms with Crippen molar-refractivity contribution in [3.63, 3.8) is 0 Å². The van der Waals surface area contributed by atoms with Crippen LogP contribution in [0.15, 0.2) is 33.6 Å². The van der Waals surface area contributed by atoms with Gasteiger partial charge in [-0.3, -0.25) is 4.52 Å². The van der Waals surface area contributed by atoms with E-state index in [1.807, 2.05) is 31.2 Å². The first kappa shape index (κ1) is 14.0. The highest BCUT2D eigenvalue weighted by molar-refractivity contribution is 5.26. The zero-order valence-corrected chi connectivity index (χ0v) is 12.1. The summed E-state index contributed by atoms with van der Waals surface area (Å²) in [5, 5.41) is 5.91. The normalized spacial score (nSPS) is 18.2. The Kier molecular flexibility index (Phi) is 4.17. The number of benzene rings is 1. The minimum atomic E-state index is -0.351. The SMILES string of the molecule is Cc1ccc(-[n+]2[nH]oc(=O)c2CNCC2CCCO2)cc1. The van der Waals surface area contributed by atoms with Gasteiger partial charge in [-0.1, -0.05) is 17.7 Å². The van der Waals surface area contributed by atoms with Crippen LogP contribution in [0.3, 0.4) is 0 Å². The molecule has 0 spiro atoms. The van der Waals surface area contributed by atoms with Crippen LogP contribution in [0, 0.1) is 6.92 Å². The Labute approximate surface area is 122 Å². The first-order chi connectivity index (χ1) is 10.2. The van der Waals surface area contributed by atoms with E-state index < -0.39 is 0 Å². The molecule has 1 saturated heterocycles. The molecule has 1 atom stereocenters. The Morgan fingerprint density at radius 2 is 2.19 bits per heavy atom. The molecule has 2 N–H and O–H groups in total. The van der Waals surface area contributed by atoms with Gasteiger partial charge in [-0.15, -0.1) is 0 Å². The number of aromatic nitrogens is 2. The summed E-state index contributed by atoms with van der Waals surface area (Å²) < 4.78 is 12.1. The number of ether oxygens (including phenoxy) is 1. The third kappa shape index (κ3) is 3.22. The average molecular weight is 290 g/mol. The van der Waals surface area contributed by atoms with E-state index in [0.717, 1.165) is 31.7 Å². The van der Waals surface area contributed by atoms with E-state index in [1.165, 1.54) is 5.56 Å². The van der Waals surface area contributed by atoms with Crippen molar-refractivity contribution in [3.8, 4) is 5.69 Å². The fraction of sp³-hybridized carbons (Fsp3) is 0.467. The van der Waals surface area contributed by atoms with Gasteiger partial charge in [0.05, 0.1) is 12.6 Å². The number of nitrogens with one attached hydrogen (secondary N) is 2. The number of H-pyrrole nitrogens is 1. The van der Waals surface area contributed by atoms with Gasteiger partial charge in [0.25, 0.3) is 0 Å². The van der Waals surface area contributed by atoms with E-state index in [2.05, 4.69) is 10.6 Å². The van der Waals surface area contributed by atoms with Crippen LogP contribution in [0.2, 0.25) is 0 Å². The average Bonchev–Trinajstić information content (AvgIpc) is 3.11. The highest BCUT2D eigenvalue weighted by Gasteiger charge is 2.23. The molecule has 1 aliphatic heterocycles. The first-order valence-electron chi connectivity index (χ1n) is 7.26. The molecule has 6 nitrogen and oxygen atoms in total. The zero-order chi connectivity index (χ0) is 14.7. The molecule has 21 heavy (non-hydrogen) atoms. The molecule has 0 saturated carbocycles. The van der Waals surface area contributed by atoms with Gasteiger partial charge >= 0.3 is 11.3 Å². The predicted octanol–water partition coefficient (Wildman–Crippen LogP) is 0.822. The Morgan fingerprint density at radius 1 is 1.38 bits per heavy atom. The van der Waals surface area contributed by atoms with Gasteiger partial charge in [0.15, 0.2) is 0 Å². The van der Waals surface area contributed by atoms with Crippen LogP contribution in [0.5, 0.6) is 0 Å². The van der Waals surface area contributed by atoms with Gasteiger partial charge in [-0.2, -0.15) is 0 Å². The summed E-state index contributed by atoms with van der Waals surface area (Å²) >= 11 is 0. The second-order valence-corrected chi connectivity index (χ2v) is 5.36. The number of hydrogen-bond donors (Lipinski definition) is 2. The fourth-order valence-electron chi connectivity index (χ4n) is 2.50. The molecule has 1 aliphatic rings. The lowest BCUT2D eigenvalue weighted by Crippen LogP contribution is -2.41. The Morgan fingerprint density at radius 3 is 2.90 bits per heavy atom. The first-order valence-corrected chi connectivity index (χ1v) is 7.26. The summed E-state index contributed by atoms with van der Waals surface area (Å²) in [5.74, 6) is 0. The number of hydrogen-bond acceptors (Lipinski definition) is 4. The second kappa shape index (κ2) is 6.24. The van der Waals surface area contributed by atoms with Gasteiger partial charge in [0.1, 0.15) is 0 Å². The quantitative estimate of drug-likeness (QED) is 0.800. The number of aryl methyl sites for hydroxylation is 1. The highest BCUT2D eigenvalue weighted by Crippen LogP contribution is 2.10. The van der Waals surface area contributed by atoms with Crippen LogP contribution >= 0.6 is 0 Å². The van der Waals surface area contributed by atoms with Crippen molar-refractivity contribution in [1.82, 2.24) is 10.6 Å². The standard InChI is InChI=1S/C15H19N3O3/c1-11-4-6-12(7-5-11)18-14(15(19)21-17-18)10-16-9-13-3-2-8-20-13/h4-7,13,16H,2-3,8-10H2,1H3/p+1. The van der Waals surface area contributed by atoms with Crippen LogP contribution in [0.25, 0.3) is 5.69 Å². The van der Waals surface area contributed by atoms with Gasteiger partial charge < -0.3 is 10.1 Å². The van der Waals surface area contributed by atoms with Crippen molar-refractivity contribution in [3.05, 3.63) is 45.9 Å². The maximum absolute atomic E-state index is 11.8. The third-order valence-corrected chi connectivity index (χ3v) is 3.72. The van der Waals surface area contributed by atoms with Gasteiger partial charge in [0, 0.05) is 25.3 Å². The van der Waals surface area contributed by atoms with Gasteiger partial charge in [-0.05, 0) is 29.7 Å². The molecule has 0 bridgehead atoms. The van der Waals surface area contributed by atoms with E-state index in [9.17, 15) is 4.79 Å². The number of rotatable bonds is 5.